The second kappa shape index (κ2) is 15.2. The van der Waals surface area contributed by atoms with Crippen molar-refractivity contribution >= 4 is 86.2 Å². The van der Waals surface area contributed by atoms with Crippen LogP contribution >= 0.6 is 0 Å². The number of aromatic nitrogens is 8. The Bertz CT molecular complexity index is 4810. The molecule has 12 rings (SSSR count). The van der Waals surface area contributed by atoms with Crippen LogP contribution in [0.4, 0.5) is 0 Å². The van der Waals surface area contributed by atoms with Crippen LogP contribution in [0.15, 0.2) is 125 Å². The molecule has 0 aliphatic heterocycles. The zero-order valence-electron chi connectivity index (χ0n) is 37.2. The van der Waals surface area contributed by atoms with Crippen LogP contribution in [0.25, 0.3) is 86.2 Å². The van der Waals surface area contributed by atoms with E-state index in [1.54, 1.807) is 0 Å². The molecule has 0 unspecified atom stereocenters. The summed E-state index contributed by atoms with van der Waals surface area (Å²) in [6, 6.07) is 9.21. The summed E-state index contributed by atoms with van der Waals surface area (Å²) in [7, 11) is 0. The molecule has 24 heteroatoms. The molecule has 0 atom stereocenters. The summed E-state index contributed by atoms with van der Waals surface area (Å²) < 4.78 is 5.13. The van der Waals surface area contributed by atoms with Crippen LogP contribution in [0.1, 0.15) is 19.3 Å². The van der Waals surface area contributed by atoms with E-state index in [0.29, 0.717) is 0 Å². The first-order valence-corrected chi connectivity index (χ1v) is 22.5. The number of benzene rings is 4. The van der Waals surface area contributed by atoms with Gasteiger partial charge >= 0.3 is 0 Å². The molecule has 0 radical (unpaired) electrons. The van der Waals surface area contributed by atoms with E-state index in [1.807, 2.05) is 0 Å². The zero-order valence-corrected chi connectivity index (χ0v) is 37.2. The fourth-order valence-electron chi connectivity index (χ4n) is 10.4. The van der Waals surface area contributed by atoms with E-state index < -0.39 is 88.9 Å². The molecule has 0 fully saturated rings. The normalized spacial score (nSPS) is 12.4. The van der Waals surface area contributed by atoms with Crippen molar-refractivity contribution in [3.63, 3.8) is 0 Å². The maximum absolute atomic E-state index is 13.6. The largest absolute Gasteiger partial charge is 0.288 e. The number of rotatable bonds is 12. The first-order chi connectivity index (χ1) is 34.9. The fraction of sp³-hybridized carbons (Fsp3) is 0.184. The Balaban J connectivity index is 0.754. The second-order valence-electron chi connectivity index (χ2n) is 18.0. The van der Waals surface area contributed by atoms with Crippen LogP contribution in [0.3, 0.4) is 0 Å². The van der Waals surface area contributed by atoms with Gasteiger partial charge in [0.1, 0.15) is 0 Å². The third-order valence-electron chi connectivity index (χ3n) is 14.1. The molecule has 8 aromatic heterocycles. The van der Waals surface area contributed by atoms with Gasteiger partial charge in [0.25, 0.3) is 88.9 Å². The van der Waals surface area contributed by atoms with Gasteiger partial charge < -0.3 is 0 Å². The molecule has 0 saturated heterocycles. The van der Waals surface area contributed by atoms with E-state index in [-0.39, 0.29) is 145 Å². The minimum Gasteiger partial charge on any atom is -0.288 e. The Hall–Kier alpha value is -10.0. The summed E-state index contributed by atoms with van der Waals surface area (Å²) in [6.45, 7) is -1.59. The molecule has 0 saturated carbocycles. The Labute approximate surface area is 395 Å². The SMILES string of the molecule is O=c1[nH]c(=O)c2cc3c(=O)n(CCCn4c(=O)c5cc6c(=O)n(CCCn7c(=O)c8cc9c(=O)n(CCCn%10c(=O)c%11cc%12c(=O)[nH]c(=O)c%12cc%11c%10=O)c(=O)c9cc8c7=O)c(=O)c6cc5c4=O)c(=O)c3cc12. The molecule has 0 amide bonds. The van der Waals surface area contributed by atoms with Gasteiger partial charge in [-0.15, -0.1) is 0 Å². The first kappa shape index (κ1) is 44.2. The quantitative estimate of drug-likeness (QED) is 0.123. The van der Waals surface area contributed by atoms with Gasteiger partial charge in [0.15, 0.2) is 0 Å². The summed E-state index contributed by atoms with van der Waals surface area (Å²) in [6.07, 6.45) is -0.229. The highest BCUT2D eigenvalue weighted by Crippen LogP contribution is 2.19. The summed E-state index contributed by atoms with van der Waals surface area (Å²) in [5.74, 6) is 0. The Morgan fingerprint density at radius 2 is 0.329 bits per heavy atom. The number of hydrogen-bond donors (Lipinski definition) is 2. The lowest BCUT2D eigenvalue weighted by Crippen LogP contribution is -2.30. The molecule has 0 aliphatic rings. The first-order valence-electron chi connectivity index (χ1n) is 22.5. The van der Waals surface area contributed by atoms with Gasteiger partial charge in [0, 0.05) is 39.3 Å². The summed E-state index contributed by atoms with van der Waals surface area (Å²) >= 11 is 0. The lowest BCUT2D eigenvalue weighted by Gasteiger charge is -2.01. The lowest BCUT2D eigenvalue weighted by molar-refractivity contribution is 0.538. The average molecular weight is 985 g/mol. The van der Waals surface area contributed by atoms with Crippen molar-refractivity contribution in [2.75, 3.05) is 0 Å². The Kier molecular flexibility index (Phi) is 9.24. The predicted octanol–water partition coefficient (Wildman–Crippen LogP) is -3.09. The number of aromatic amines is 2. The maximum Gasteiger partial charge on any atom is 0.261 e. The number of nitrogens with zero attached hydrogens (tertiary/aromatic N) is 6. The summed E-state index contributed by atoms with van der Waals surface area (Å²) in [5.41, 5.74) is -12.1. The van der Waals surface area contributed by atoms with Gasteiger partial charge in [-0.05, 0) is 67.8 Å². The van der Waals surface area contributed by atoms with Gasteiger partial charge in [0.05, 0.1) is 86.2 Å². The van der Waals surface area contributed by atoms with Crippen LogP contribution in [0, 0.1) is 0 Å². The van der Waals surface area contributed by atoms with E-state index in [0.717, 1.165) is 51.7 Å². The van der Waals surface area contributed by atoms with Crippen molar-refractivity contribution in [2.45, 2.75) is 58.5 Å². The molecule has 360 valence electrons. The number of H-pyrrole nitrogens is 2. The van der Waals surface area contributed by atoms with E-state index in [9.17, 15) is 76.7 Å². The zero-order chi connectivity index (χ0) is 51.4. The standard InChI is InChI=1S/C49H28N8O16/c58-34-18-10-22-23(11-19(18)35(59)50-34)39(63)52(38(22)62)4-1-6-54-42(66)26-14-30-31(15-27(26)43(54)67)47(71)56(46(30)70)8-3-9-57-48(72)32-16-28-29(17-33(32)49(57)73)45(69)55(44(28)68)7-2-5-53-40(64)24-12-20-21(13-25(24)41(53)65)37(61)51-36(20)60/h10-17H,1-9H2,(H,50,58,59)(H,51,60,61). The van der Waals surface area contributed by atoms with Gasteiger partial charge in [-0.1, -0.05) is 0 Å². The molecule has 0 aliphatic carbocycles. The molecule has 73 heavy (non-hydrogen) atoms. The molecule has 24 nitrogen and oxygen atoms in total. The van der Waals surface area contributed by atoms with Crippen molar-refractivity contribution in [2.24, 2.45) is 0 Å². The molecular weight excluding hydrogens is 957 g/mol. The van der Waals surface area contributed by atoms with Gasteiger partial charge in [-0.2, -0.15) is 0 Å². The molecule has 4 aromatic carbocycles. The molecular formula is C49H28N8O16. The maximum atomic E-state index is 13.6. The van der Waals surface area contributed by atoms with Crippen LogP contribution in [0.2, 0.25) is 0 Å². The topological polar surface area (TPSA) is 334 Å². The van der Waals surface area contributed by atoms with E-state index in [4.69, 9.17) is 0 Å². The lowest BCUT2D eigenvalue weighted by atomic mass is 10.1. The van der Waals surface area contributed by atoms with Crippen molar-refractivity contribution in [1.82, 2.24) is 37.4 Å². The highest BCUT2D eigenvalue weighted by atomic mass is 16.2. The van der Waals surface area contributed by atoms with Crippen LogP contribution in [0.5, 0.6) is 0 Å². The van der Waals surface area contributed by atoms with Crippen LogP contribution < -0.4 is 88.9 Å². The molecule has 2 N–H and O–H groups in total. The smallest absolute Gasteiger partial charge is 0.261 e. The second-order valence-corrected chi connectivity index (χ2v) is 18.0. The van der Waals surface area contributed by atoms with Crippen LogP contribution in [-0.4, -0.2) is 37.4 Å². The third-order valence-corrected chi connectivity index (χ3v) is 14.1. The van der Waals surface area contributed by atoms with Crippen LogP contribution in [-0.2, 0) is 39.3 Å². The van der Waals surface area contributed by atoms with Gasteiger partial charge in [-0.25, -0.2) is 0 Å². The predicted molar refractivity (Wildman–Crippen MR) is 266 cm³/mol. The summed E-state index contributed by atoms with van der Waals surface area (Å²) in [4.78, 5) is 213. The fourth-order valence-corrected chi connectivity index (χ4v) is 10.4. The van der Waals surface area contributed by atoms with Crippen molar-refractivity contribution in [3.8, 4) is 0 Å². The molecule has 12 aromatic rings. The highest BCUT2D eigenvalue weighted by Gasteiger charge is 2.24. The van der Waals surface area contributed by atoms with E-state index >= 15 is 0 Å². The number of hydrogen-bond acceptors (Lipinski definition) is 16. The van der Waals surface area contributed by atoms with E-state index in [2.05, 4.69) is 9.97 Å². The monoisotopic (exact) mass is 984 g/mol. The van der Waals surface area contributed by atoms with Gasteiger partial charge in [0.2, 0.25) is 0 Å². The summed E-state index contributed by atoms with van der Waals surface area (Å²) in [5, 5.41) is -1.80. The highest BCUT2D eigenvalue weighted by molar-refractivity contribution is 6.00. The Morgan fingerprint density at radius 1 is 0.205 bits per heavy atom. The minimum atomic E-state index is -0.808. The third kappa shape index (κ3) is 6.05. The van der Waals surface area contributed by atoms with Crippen molar-refractivity contribution in [1.29, 1.82) is 0 Å². The average Bonchev–Trinajstić information content (AvgIpc) is 4.19. The molecule has 0 spiro atoms. The minimum absolute atomic E-state index is 0.0454. The Morgan fingerprint density at radius 3 is 0.466 bits per heavy atom. The molecule has 8 heterocycles. The van der Waals surface area contributed by atoms with E-state index in [1.165, 1.54) is 24.3 Å². The van der Waals surface area contributed by atoms with Gasteiger partial charge in [-0.3, -0.25) is 114 Å². The molecule has 0 bridgehead atoms. The number of nitrogens with one attached hydrogen (secondary N) is 2. The van der Waals surface area contributed by atoms with Crippen molar-refractivity contribution in [3.05, 3.63) is 214 Å². The van der Waals surface area contributed by atoms with Crippen molar-refractivity contribution < 1.29 is 0 Å². The number of fused-ring (bicyclic) bond motifs is 8.